The van der Waals surface area contributed by atoms with Crippen molar-refractivity contribution < 1.29 is 49.5 Å². The predicted octanol–water partition coefficient (Wildman–Crippen LogP) is -2.09. The number of nitrogens with zero attached hydrogens (tertiary/aromatic N) is 3. The van der Waals surface area contributed by atoms with Crippen molar-refractivity contribution in [3.05, 3.63) is 0 Å². The number of rotatable bonds is 14. The van der Waals surface area contributed by atoms with E-state index in [9.17, 15) is 24.0 Å². The molecule has 0 heterocycles. The normalized spacial score (nSPS) is 10.7. The number of hydrogen-bond donors (Lipinski definition) is 5. The van der Waals surface area contributed by atoms with Gasteiger partial charge in [-0.3, -0.25) is 33.9 Å². The molecule has 0 saturated heterocycles. The van der Waals surface area contributed by atoms with Crippen LogP contribution in [0.4, 0.5) is 4.79 Å². The molecule has 0 radical (unpaired) electrons. The molecule has 0 bridgehead atoms. The number of carbonyl (C=O) groups is 5. The maximum atomic E-state index is 11.0. The van der Waals surface area contributed by atoms with Crippen LogP contribution in [0, 0.1) is 0 Å². The summed E-state index contributed by atoms with van der Waals surface area (Å²) in [4.78, 5) is 56.9. The van der Waals surface area contributed by atoms with Gasteiger partial charge in [-0.2, -0.15) is 0 Å². The first-order chi connectivity index (χ1) is 12.0. The highest BCUT2D eigenvalue weighted by atomic mass is 16.4. The van der Waals surface area contributed by atoms with Crippen LogP contribution in [-0.2, 0) is 19.2 Å². The zero-order valence-corrected chi connectivity index (χ0v) is 13.8. The van der Waals surface area contributed by atoms with E-state index in [1.165, 1.54) is 4.90 Å². The fourth-order valence-electron chi connectivity index (χ4n) is 2.01. The van der Waals surface area contributed by atoms with Gasteiger partial charge in [0.1, 0.15) is 6.54 Å². The van der Waals surface area contributed by atoms with Gasteiger partial charge in [0.25, 0.3) is 0 Å². The Morgan fingerprint density at radius 1 is 0.500 bits per heavy atom. The molecule has 0 saturated carbocycles. The Morgan fingerprint density at radius 2 is 0.846 bits per heavy atom. The third kappa shape index (κ3) is 11.6. The highest BCUT2D eigenvalue weighted by Crippen LogP contribution is 1.97. The molecular weight excluding hydrogens is 358 g/mol. The van der Waals surface area contributed by atoms with Crippen LogP contribution in [0.15, 0.2) is 0 Å². The van der Waals surface area contributed by atoms with Crippen molar-refractivity contribution in [3.63, 3.8) is 0 Å². The van der Waals surface area contributed by atoms with E-state index in [-0.39, 0.29) is 26.2 Å². The van der Waals surface area contributed by atoms with Crippen molar-refractivity contribution in [2.75, 3.05) is 52.4 Å². The first-order valence-corrected chi connectivity index (χ1v) is 7.31. The summed E-state index contributed by atoms with van der Waals surface area (Å²) in [5.41, 5.74) is 0. The molecule has 1 amide bonds. The van der Waals surface area contributed by atoms with Crippen LogP contribution in [0.5, 0.6) is 0 Å². The van der Waals surface area contributed by atoms with E-state index in [1.54, 1.807) is 0 Å². The standard InChI is InChI=1S/C13H21N3O10/c17-9(18)5-14(3-4-16(13(25)26)8-12(23)24)1-2-15(6-10(19)20)7-11(21)22/h1-8H2,(H,17,18)(H,19,20)(H,21,22)(H,23,24)(H,25,26). The fourth-order valence-corrected chi connectivity index (χ4v) is 2.01. The lowest BCUT2D eigenvalue weighted by atomic mass is 10.3. The van der Waals surface area contributed by atoms with E-state index in [1.807, 2.05) is 0 Å². The summed E-state index contributed by atoms with van der Waals surface area (Å²) in [6, 6.07) is 0. The van der Waals surface area contributed by atoms with Gasteiger partial charge in [0.05, 0.1) is 19.6 Å². The number of carboxylic acid groups (broad SMARTS) is 5. The summed E-state index contributed by atoms with van der Waals surface area (Å²) in [6.45, 7) is -2.95. The van der Waals surface area contributed by atoms with Gasteiger partial charge in [0, 0.05) is 26.2 Å². The first-order valence-electron chi connectivity index (χ1n) is 7.31. The minimum absolute atomic E-state index is 0.0482. The van der Waals surface area contributed by atoms with Crippen LogP contribution < -0.4 is 0 Å². The minimum Gasteiger partial charge on any atom is -0.480 e. The summed E-state index contributed by atoms with van der Waals surface area (Å²) in [5, 5.41) is 44.0. The molecular formula is C13H21N3O10. The second kappa shape index (κ2) is 11.6. The van der Waals surface area contributed by atoms with Crippen molar-refractivity contribution >= 4 is 30.0 Å². The van der Waals surface area contributed by atoms with Gasteiger partial charge in [-0.25, -0.2) is 4.79 Å². The van der Waals surface area contributed by atoms with Crippen LogP contribution in [0.1, 0.15) is 0 Å². The van der Waals surface area contributed by atoms with E-state index in [0.717, 1.165) is 4.90 Å². The Hall–Kier alpha value is -2.93. The maximum Gasteiger partial charge on any atom is 0.407 e. The topological polar surface area (TPSA) is 196 Å². The van der Waals surface area contributed by atoms with E-state index in [4.69, 9.17) is 25.5 Å². The van der Waals surface area contributed by atoms with E-state index >= 15 is 0 Å². The minimum atomic E-state index is -1.49. The Labute approximate surface area is 147 Å². The number of hydrogen-bond acceptors (Lipinski definition) is 7. The molecule has 0 atom stereocenters. The number of carboxylic acids is 4. The molecule has 0 aromatic carbocycles. The third-order valence-corrected chi connectivity index (χ3v) is 3.09. The summed E-state index contributed by atoms with van der Waals surface area (Å²) in [6.07, 6.45) is -1.49. The third-order valence-electron chi connectivity index (χ3n) is 3.09. The van der Waals surface area contributed by atoms with Crippen LogP contribution in [-0.4, -0.2) is 123 Å². The van der Waals surface area contributed by atoms with Crippen molar-refractivity contribution in [1.82, 2.24) is 14.7 Å². The first kappa shape index (κ1) is 23.1. The smallest absolute Gasteiger partial charge is 0.407 e. The van der Waals surface area contributed by atoms with Gasteiger partial charge >= 0.3 is 30.0 Å². The predicted molar refractivity (Wildman–Crippen MR) is 83.0 cm³/mol. The molecule has 0 unspecified atom stereocenters. The van der Waals surface area contributed by atoms with Crippen molar-refractivity contribution in [2.45, 2.75) is 0 Å². The maximum absolute atomic E-state index is 11.0. The Bertz CT molecular complexity index is 522. The SMILES string of the molecule is O=C(O)CN(CCN(CC(=O)O)CC(=O)O)CCN(CC(=O)O)C(=O)O. The zero-order valence-electron chi connectivity index (χ0n) is 13.8. The molecule has 0 aliphatic carbocycles. The lowest BCUT2D eigenvalue weighted by Crippen LogP contribution is -2.45. The van der Waals surface area contributed by atoms with Crippen molar-refractivity contribution in [3.8, 4) is 0 Å². The molecule has 0 aromatic heterocycles. The molecule has 0 aliphatic rings. The lowest BCUT2D eigenvalue weighted by Gasteiger charge is -2.26. The molecule has 148 valence electrons. The molecule has 0 aliphatic heterocycles. The lowest BCUT2D eigenvalue weighted by molar-refractivity contribution is -0.143. The molecule has 26 heavy (non-hydrogen) atoms. The molecule has 0 spiro atoms. The van der Waals surface area contributed by atoms with Crippen LogP contribution in [0.25, 0.3) is 0 Å². The van der Waals surface area contributed by atoms with Gasteiger partial charge < -0.3 is 25.5 Å². The van der Waals surface area contributed by atoms with Gasteiger partial charge in [-0.1, -0.05) is 0 Å². The Balaban J connectivity index is 4.82. The van der Waals surface area contributed by atoms with Crippen molar-refractivity contribution in [2.24, 2.45) is 0 Å². The fraction of sp³-hybridized carbons (Fsp3) is 0.615. The monoisotopic (exact) mass is 379 g/mol. The zero-order chi connectivity index (χ0) is 20.3. The van der Waals surface area contributed by atoms with Gasteiger partial charge in [0.15, 0.2) is 0 Å². The Kier molecular flexibility index (Phi) is 10.3. The van der Waals surface area contributed by atoms with Gasteiger partial charge in [-0.05, 0) is 0 Å². The van der Waals surface area contributed by atoms with Gasteiger partial charge in [-0.15, -0.1) is 0 Å². The molecule has 5 N–H and O–H groups in total. The molecule has 13 heteroatoms. The largest absolute Gasteiger partial charge is 0.480 e. The van der Waals surface area contributed by atoms with Crippen LogP contribution in [0.3, 0.4) is 0 Å². The van der Waals surface area contributed by atoms with Crippen LogP contribution in [0.2, 0.25) is 0 Å². The summed E-state index contributed by atoms with van der Waals surface area (Å²) < 4.78 is 0. The van der Waals surface area contributed by atoms with E-state index < -0.39 is 56.1 Å². The van der Waals surface area contributed by atoms with Crippen molar-refractivity contribution in [1.29, 1.82) is 0 Å². The molecule has 0 rings (SSSR count). The van der Waals surface area contributed by atoms with Crippen LogP contribution >= 0.6 is 0 Å². The highest BCUT2D eigenvalue weighted by Gasteiger charge is 2.20. The average molecular weight is 379 g/mol. The van der Waals surface area contributed by atoms with Gasteiger partial charge in [0.2, 0.25) is 0 Å². The molecule has 0 fully saturated rings. The summed E-state index contributed by atoms with van der Waals surface area (Å²) >= 11 is 0. The Morgan fingerprint density at radius 3 is 1.23 bits per heavy atom. The average Bonchev–Trinajstić information content (AvgIpc) is 2.45. The highest BCUT2D eigenvalue weighted by molar-refractivity contribution is 5.75. The quantitative estimate of drug-likeness (QED) is 0.221. The summed E-state index contributed by atoms with van der Waals surface area (Å²) in [5.74, 6) is -5.11. The molecule has 0 aromatic rings. The summed E-state index contributed by atoms with van der Waals surface area (Å²) in [7, 11) is 0. The van der Waals surface area contributed by atoms with E-state index in [2.05, 4.69) is 0 Å². The second-order valence-electron chi connectivity index (χ2n) is 5.27. The molecule has 13 nitrogen and oxygen atoms in total. The van der Waals surface area contributed by atoms with E-state index in [0.29, 0.717) is 4.90 Å². The number of aliphatic carboxylic acids is 4. The second-order valence-corrected chi connectivity index (χ2v) is 5.27. The number of amides is 1.